The van der Waals surface area contributed by atoms with Crippen molar-refractivity contribution in [1.82, 2.24) is 5.16 Å². The van der Waals surface area contributed by atoms with Crippen LogP contribution in [-0.4, -0.2) is 30.2 Å². The van der Waals surface area contributed by atoms with E-state index in [1.165, 1.54) is 18.6 Å². The highest BCUT2D eigenvalue weighted by molar-refractivity contribution is 7.85. The molecule has 0 radical (unpaired) electrons. The van der Waals surface area contributed by atoms with Gasteiger partial charge in [0, 0.05) is 12.5 Å². The van der Waals surface area contributed by atoms with Gasteiger partial charge in [0.05, 0.1) is 23.6 Å². The van der Waals surface area contributed by atoms with Crippen LogP contribution in [0.1, 0.15) is 63.5 Å². The van der Waals surface area contributed by atoms with Crippen LogP contribution in [0, 0.1) is 24.7 Å². The van der Waals surface area contributed by atoms with Gasteiger partial charge in [0.1, 0.15) is 6.10 Å². The molecule has 9 heteroatoms. The smallest absolute Gasteiger partial charge is 0.306 e. The summed E-state index contributed by atoms with van der Waals surface area (Å²) in [7, 11) is -4.02. The van der Waals surface area contributed by atoms with E-state index in [0.29, 0.717) is 42.9 Å². The predicted octanol–water partition coefficient (Wildman–Crippen LogP) is 4.31. The van der Waals surface area contributed by atoms with E-state index in [9.17, 15) is 13.2 Å². The van der Waals surface area contributed by atoms with Crippen molar-refractivity contribution in [3.05, 3.63) is 47.3 Å². The van der Waals surface area contributed by atoms with Gasteiger partial charge in [-0.3, -0.25) is 9.35 Å². The highest BCUT2D eigenvalue weighted by Gasteiger charge is 2.33. The van der Waals surface area contributed by atoms with Crippen molar-refractivity contribution in [3.8, 4) is 0 Å². The lowest BCUT2D eigenvalue weighted by molar-refractivity contribution is -0.155. The Morgan fingerprint density at radius 2 is 1.94 bits per heavy atom. The molecule has 1 aromatic heterocycles. The number of aromatic nitrogens is 1. The van der Waals surface area contributed by atoms with Gasteiger partial charge in [0.2, 0.25) is 0 Å². The van der Waals surface area contributed by atoms with Crippen LogP contribution in [0.15, 0.2) is 39.8 Å². The molecule has 1 heterocycles. The van der Waals surface area contributed by atoms with Crippen molar-refractivity contribution in [3.63, 3.8) is 0 Å². The minimum absolute atomic E-state index is 0.0631. The Hall–Kier alpha value is -2.23. The number of nitrogens with two attached hydrogens (primary N) is 1. The zero-order valence-electron chi connectivity index (χ0n) is 19.9. The monoisotopic (exact) mass is 480 g/mol. The van der Waals surface area contributed by atoms with E-state index >= 15 is 0 Å². The summed E-state index contributed by atoms with van der Waals surface area (Å²) >= 11 is 0. The van der Waals surface area contributed by atoms with Gasteiger partial charge in [-0.2, -0.15) is 8.42 Å². The molecule has 8 nitrogen and oxygen atoms in total. The average Bonchev–Trinajstić information content (AvgIpc) is 3.20. The number of hydrogen-bond acceptors (Lipinski definition) is 7. The number of aryl methyl sites for hydroxylation is 2. The number of carbonyl (C=O) groups excluding carboxylic acids is 1. The number of esters is 1. The second-order valence-electron chi connectivity index (χ2n) is 9.13. The Labute approximate surface area is 196 Å². The molecule has 1 aromatic carbocycles. The SMILES string of the molecule is CC1CCC(C(C)C)C(OC(=O)CCc2cc(CN)on2)C1.Cc1ccc(S(=O)(=O)O)cc1. The molecule has 3 unspecified atom stereocenters. The van der Waals surface area contributed by atoms with E-state index in [1.807, 2.05) is 6.92 Å². The average molecular weight is 481 g/mol. The van der Waals surface area contributed by atoms with E-state index in [2.05, 4.69) is 25.9 Å². The fourth-order valence-electron chi connectivity index (χ4n) is 3.99. The summed E-state index contributed by atoms with van der Waals surface area (Å²) in [6.45, 7) is 8.83. The largest absolute Gasteiger partial charge is 0.462 e. The van der Waals surface area contributed by atoms with Crippen molar-refractivity contribution in [2.75, 3.05) is 0 Å². The minimum atomic E-state index is -4.02. The third kappa shape index (κ3) is 8.91. The van der Waals surface area contributed by atoms with Crippen LogP contribution in [0.2, 0.25) is 0 Å². The standard InChI is InChI=1S/C17H28N2O3.C7H8O3S/c1-11(2)15-6-4-12(3)8-16(15)21-17(20)7-5-13-9-14(10-18)22-19-13;1-6-2-4-7(5-3-6)11(8,9)10/h9,11-12,15-16H,4-8,10,18H2,1-3H3;2-5H,1H3,(H,8,9,10). The maximum atomic E-state index is 12.1. The summed E-state index contributed by atoms with van der Waals surface area (Å²) in [5, 5.41) is 3.90. The molecule has 1 saturated carbocycles. The number of hydrogen-bond donors (Lipinski definition) is 2. The normalized spacial score (nSPS) is 20.8. The molecular weight excluding hydrogens is 444 g/mol. The maximum Gasteiger partial charge on any atom is 0.306 e. The fourth-order valence-corrected chi connectivity index (χ4v) is 4.47. The first-order valence-corrected chi connectivity index (χ1v) is 12.8. The summed E-state index contributed by atoms with van der Waals surface area (Å²) < 4.78 is 40.4. The van der Waals surface area contributed by atoms with Crippen molar-refractivity contribution in [2.24, 2.45) is 23.5 Å². The quantitative estimate of drug-likeness (QED) is 0.442. The zero-order valence-corrected chi connectivity index (χ0v) is 20.7. The predicted molar refractivity (Wildman–Crippen MR) is 125 cm³/mol. The molecule has 0 saturated heterocycles. The number of benzene rings is 1. The van der Waals surface area contributed by atoms with E-state index in [-0.39, 0.29) is 17.0 Å². The zero-order chi connectivity index (χ0) is 24.6. The highest BCUT2D eigenvalue weighted by atomic mass is 32.2. The molecular formula is C24H36N2O6S. The molecule has 2 aromatic rings. The van der Waals surface area contributed by atoms with E-state index in [1.54, 1.807) is 18.2 Å². The first kappa shape index (κ1) is 27.0. The summed E-state index contributed by atoms with van der Waals surface area (Å²) in [6, 6.07) is 7.79. The minimum Gasteiger partial charge on any atom is -0.462 e. The van der Waals surface area contributed by atoms with Gasteiger partial charge in [-0.15, -0.1) is 0 Å². The second kappa shape index (κ2) is 12.3. The molecule has 0 bridgehead atoms. The van der Waals surface area contributed by atoms with E-state index in [4.69, 9.17) is 19.5 Å². The number of rotatable bonds is 7. The van der Waals surface area contributed by atoms with Crippen LogP contribution in [0.3, 0.4) is 0 Å². The Morgan fingerprint density at radius 3 is 2.48 bits per heavy atom. The maximum absolute atomic E-state index is 12.1. The van der Waals surface area contributed by atoms with Gasteiger partial charge in [-0.05, 0) is 49.7 Å². The van der Waals surface area contributed by atoms with Crippen molar-refractivity contribution in [1.29, 1.82) is 0 Å². The lowest BCUT2D eigenvalue weighted by Crippen LogP contribution is -2.35. The third-order valence-corrected chi connectivity index (χ3v) is 6.83. The lowest BCUT2D eigenvalue weighted by Gasteiger charge is -2.36. The van der Waals surface area contributed by atoms with Gasteiger partial charge in [-0.25, -0.2) is 0 Å². The fraction of sp³-hybridized carbons (Fsp3) is 0.583. The van der Waals surface area contributed by atoms with Crippen molar-refractivity contribution >= 4 is 16.1 Å². The highest BCUT2D eigenvalue weighted by Crippen LogP contribution is 2.35. The summed E-state index contributed by atoms with van der Waals surface area (Å²) in [5.74, 6) is 2.17. The molecule has 1 aliphatic carbocycles. The third-order valence-electron chi connectivity index (χ3n) is 5.96. The molecule has 3 atom stereocenters. The topological polar surface area (TPSA) is 133 Å². The Balaban J connectivity index is 0.000000294. The van der Waals surface area contributed by atoms with Crippen LogP contribution in [-0.2, 0) is 32.6 Å². The Morgan fingerprint density at radius 1 is 1.27 bits per heavy atom. The van der Waals surface area contributed by atoms with Crippen LogP contribution in [0.25, 0.3) is 0 Å². The van der Waals surface area contributed by atoms with Crippen LogP contribution in [0.4, 0.5) is 0 Å². The summed E-state index contributed by atoms with van der Waals surface area (Å²) in [4.78, 5) is 12.1. The molecule has 1 fully saturated rings. The molecule has 3 N–H and O–H groups in total. The summed E-state index contributed by atoms with van der Waals surface area (Å²) in [6.07, 6.45) is 4.31. The van der Waals surface area contributed by atoms with Gasteiger partial charge in [0.25, 0.3) is 10.1 Å². The first-order chi connectivity index (χ1) is 15.5. The van der Waals surface area contributed by atoms with Gasteiger partial charge >= 0.3 is 5.97 Å². The summed E-state index contributed by atoms with van der Waals surface area (Å²) in [5.41, 5.74) is 7.19. The number of carbonyl (C=O) groups is 1. The second-order valence-corrected chi connectivity index (χ2v) is 10.6. The van der Waals surface area contributed by atoms with Crippen LogP contribution < -0.4 is 5.73 Å². The Bertz CT molecular complexity index is 985. The molecule has 0 spiro atoms. The van der Waals surface area contributed by atoms with Crippen molar-refractivity contribution in [2.45, 2.75) is 77.3 Å². The van der Waals surface area contributed by atoms with Crippen molar-refractivity contribution < 1.29 is 27.0 Å². The molecule has 1 aliphatic rings. The van der Waals surface area contributed by atoms with Gasteiger partial charge < -0.3 is 15.0 Å². The Kier molecular flexibility index (Phi) is 10.1. The van der Waals surface area contributed by atoms with Gasteiger partial charge in [-0.1, -0.05) is 50.0 Å². The molecule has 0 aliphatic heterocycles. The molecule has 184 valence electrons. The molecule has 33 heavy (non-hydrogen) atoms. The van der Waals surface area contributed by atoms with E-state index < -0.39 is 10.1 Å². The molecule has 3 rings (SSSR count). The molecule has 0 amide bonds. The lowest BCUT2D eigenvalue weighted by atomic mass is 9.75. The van der Waals surface area contributed by atoms with Crippen LogP contribution in [0.5, 0.6) is 0 Å². The van der Waals surface area contributed by atoms with E-state index in [0.717, 1.165) is 24.1 Å². The van der Waals surface area contributed by atoms with Gasteiger partial charge in [0.15, 0.2) is 5.76 Å². The number of nitrogens with zero attached hydrogens (tertiary/aromatic N) is 1. The number of ether oxygens (including phenoxy) is 1. The first-order valence-electron chi connectivity index (χ1n) is 11.4. The van der Waals surface area contributed by atoms with Crippen LogP contribution >= 0.6 is 0 Å².